The number of rotatable bonds is 2. The zero-order chi connectivity index (χ0) is 10.0. The molecule has 0 aliphatic heterocycles. The van der Waals surface area contributed by atoms with Gasteiger partial charge in [0.2, 0.25) is 0 Å². The first kappa shape index (κ1) is 9.60. The Bertz CT molecular complexity index is 336. The number of hydrogen-bond acceptors (Lipinski definition) is 4. The Morgan fingerprint density at radius 3 is 2.69 bits per heavy atom. The van der Waals surface area contributed by atoms with Gasteiger partial charge in [0.25, 0.3) is 5.69 Å². The van der Waals surface area contributed by atoms with Gasteiger partial charge in [-0.15, -0.1) is 0 Å². The van der Waals surface area contributed by atoms with E-state index < -0.39 is 11.0 Å². The fourth-order valence-corrected chi connectivity index (χ4v) is 1.14. The zero-order valence-corrected chi connectivity index (χ0v) is 7.52. The van der Waals surface area contributed by atoms with Crippen molar-refractivity contribution in [3.05, 3.63) is 33.6 Å². The van der Waals surface area contributed by atoms with Crippen LogP contribution in [0.1, 0.15) is 24.2 Å². The Morgan fingerprint density at radius 1 is 1.69 bits per heavy atom. The minimum atomic E-state index is -0.443. The van der Waals surface area contributed by atoms with Crippen molar-refractivity contribution >= 4 is 5.69 Å². The molecule has 0 saturated heterocycles. The minimum absolute atomic E-state index is 0.0255. The van der Waals surface area contributed by atoms with E-state index in [4.69, 9.17) is 5.73 Å². The Labute approximate surface area is 75.7 Å². The Balaban J connectivity index is 3.34. The second-order valence-electron chi connectivity index (χ2n) is 2.91. The molecular formula is C8H11N3O2. The molecule has 1 unspecified atom stereocenters. The van der Waals surface area contributed by atoms with Crippen LogP contribution in [0.2, 0.25) is 0 Å². The summed E-state index contributed by atoms with van der Waals surface area (Å²) in [4.78, 5) is 14.1. The topological polar surface area (TPSA) is 82.0 Å². The number of aryl methyl sites for hydroxylation is 1. The molecule has 13 heavy (non-hydrogen) atoms. The average molecular weight is 181 g/mol. The lowest BCUT2D eigenvalue weighted by Crippen LogP contribution is -2.11. The van der Waals surface area contributed by atoms with Gasteiger partial charge in [0.05, 0.1) is 11.0 Å². The molecule has 0 radical (unpaired) electrons. The molecule has 5 nitrogen and oxygen atoms in total. The van der Waals surface area contributed by atoms with E-state index in [2.05, 4.69) is 4.98 Å². The van der Waals surface area contributed by atoms with Crippen molar-refractivity contribution in [2.45, 2.75) is 19.9 Å². The highest BCUT2D eigenvalue weighted by Crippen LogP contribution is 2.24. The van der Waals surface area contributed by atoms with Gasteiger partial charge in [-0.05, 0) is 19.9 Å². The molecule has 0 saturated carbocycles. The van der Waals surface area contributed by atoms with Crippen molar-refractivity contribution in [1.29, 1.82) is 0 Å². The molecule has 1 aromatic heterocycles. The monoisotopic (exact) mass is 181 g/mol. The molecule has 2 N–H and O–H groups in total. The quantitative estimate of drug-likeness (QED) is 0.551. The minimum Gasteiger partial charge on any atom is -0.323 e. The van der Waals surface area contributed by atoms with Crippen LogP contribution in [0.3, 0.4) is 0 Å². The van der Waals surface area contributed by atoms with Crippen LogP contribution in [0.25, 0.3) is 0 Å². The van der Waals surface area contributed by atoms with Crippen LogP contribution >= 0.6 is 0 Å². The lowest BCUT2D eigenvalue weighted by atomic mass is 10.1. The van der Waals surface area contributed by atoms with Crippen molar-refractivity contribution in [2.75, 3.05) is 0 Å². The van der Waals surface area contributed by atoms with Crippen molar-refractivity contribution < 1.29 is 4.92 Å². The summed E-state index contributed by atoms with van der Waals surface area (Å²) in [5.41, 5.74) is 6.51. The first-order valence-electron chi connectivity index (χ1n) is 3.89. The predicted octanol–water partition coefficient (Wildman–Crippen LogP) is 1.32. The van der Waals surface area contributed by atoms with Crippen LogP contribution in [0.15, 0.2) is 12.3 Å². The third kappa shape index (κ3) is 1.81. The van der Waals surface area contributed by atoms with Crippen LogP contribution in [0.4, 0.5) is 5.69 Å². The highest BCUT2D eigenvalue weighted by Gasteiger charge is 2.20. The molecule has 0 aliphatic rings. The largest absolute Gasteiger partial charge is 0.323 e. The number of aromatic nitrogens is 1. The van der Waals surface area contributed by atoms with Gasteiger partial charge in [0, 0.05) is 11.8 Å². The zero-order valence-electron chi connectivity index (χ0n) is 7.52. The number of pyridine rings is 1. The van der Waals surface area contributed by atoms with Gasteiger partial charge in [-0.25, -0.2) is 0 Å². The maximum absolute atomic E-state index is 10.7. The van der Waals surface area contributed by atoms with Gasteiger partial charge in [-0.1, -0.05) is 0 Å². The van der Waals surface area contributed by atoms with Crippen molar-refractivity contribution in [1.82, 2.24) is 4.98 Å². The third-order valence-corrected chi connectivity index (χ3v) is 1.77. The van der Waals surface area contributed by atoms with Crippen LogP contribution in [-0.4, -0.2) is 9.91 Å². The summed E-state index contributed by atoms with van der Waals surface area (Å²) < 4.78 is 0. The van der Waals surface area contributed by atoms with Crippen molar-refractivity contribution in [2.24, 2.45) is 5.73 Å². The first-order chi connectivity index (χ1) is 6.04. The second-order valence-corrected chi connectivity index (χ2v) is 2.91. The highest BCUT2D eigenvalue weighted by atomic mass is 16.6. The summed E-state index contributed by atoms with van der Waals surface area (Å²) in [5, 5.41) is 10.7. The van der Waals surface area contributed by atoms with E-state index in [-0.39, 0.29) is 5.69 Å². The molecule has 0 spiro atoms. The Kier molecular flexibility index (Phi) is 2.57. The smallest absolute Gasteiger partial charge is 0.295 e. The third-order valence-electron chi connectivity index (χ3n) is 1.77. The molecule has 0 aromatic carbocycles. The number of nitrogens with two attached hydrogens (primary N) is 1. The summed E-state index contributed by atoms with van der Waals surface area (Å²) >= 11 is 0. The highest BCUT2D eigenvalue weighted by molar-refractivity contribution is 5.44. The number of hydrogen-bond donors (Lipinski definition) is 1. The fraction of sp³-hybridized carbons (Fsp3) is 0.375. The lowest BCUT2D eigenvalue weighted by Gasteiger charge is -2.06. The molecule has 1 atom stereocenters. The molecule has 0 fully saturated rings. The van der Waals surface area contributed by atoms with Crippen LogP contribution in [0, 0.1) is 17.0 Å². The van der Waals surface area contributed by atoms with Crippen LogP contribution in [-0.2, 0) is 0 Å². The van der Waals surface area contributed by atoms with E-state index in [0.717, 1.165) is 0 Å². The predicted molar refractivity (Wildman–Crippen MR) is 48.2 cm³/mol. The van der Waals surface area contributed by atoms with Gasteiger partial charge in [0.1, 0.15) is 5.69 Å². The van der Waals surface area contributed by atoms with E-state index >= 15 is 0 Å². The summed E-state index contributed by atoms with van der Waals surface area (Å²) in [7, 11) is 0. The molecule has 70 valence electrons. The summed E-state index contributed by atoms with van der Waals surface area (Å²) in [6.07, 6.45) is 1.53. The first-order valence-corrected chi connectivity index (χ1v) is 3.89. The number of nitro groups is 1. The molecule has 1 rings (SSSR count). The summed E-state index contributed by atoms with van der Waals surface area (Å²) in [6, 6.07) is 1.18. The molecule has 0 aliphatic carbocycles. The van der Waals surface area contributed by atoms with E-state index in [9.17, 15) is 10.1 Å². The Morgan fingerprint density at radius 2 is 2.31 bits per heavy atom. The van der Waals surface area contributed by atoms with E-state index in [1.165, 1.54) is 6.20 Å². The van der Waals surface area contributed by atoms with Gasteiger partial charge in [-0.3, -0.25) is 15.1 Å². The van der Waals surface area contributed by atoms with Gasteiger partial charge >= 0.3 is 0 Å². The molecule has 0 amide bonds. The fourth-order valence-electron chi connectivity index (χ4n) is 1.14. The van der Waals surface area contributed by atoms with Gasteiger partial charge in [0.15, 0.2) is 0 Å². The second kappa shape index (κ2) is 3.49. The molecular weight excluding hydrogens is 170 g/mol. The lowest BCUT2D eigenvalue weighted by molar-refractivity contribution is -0.386. The standard InChI is InChI=1S/C8H11N3O2/c1-5-3-4-10-7(6(2)9)8(5)11(12)13/h3-4,6H,9H2,1-2H3. The SMILES string of the molecule is Cc1ccnc(C(C)N)c1[N+](=O)[O-]. The maximum atomic E-state index is 10.7. The molecule has 0 bridgehead atoms. The van der Waals surface area contributed by atoms with E-state index in [1.54, 1.807) is 19.9 Å². The molecule has 1 heterocycles. The van der Waals surface area contributed by atoms with E-state index in [0.29, 0.717) is 11.3 Å². The van der Waals surface area contributed by atoms with Crippen molar-refractivity contribution in [3.8, 4) is 0 Å². The van der Waals surface area contributed by atoms with Gasteiger partial charge in [-0.2, -0.15) is 0 Å². The average Bonchev–Trinajstić information content (AvgIpc) is 2.02. The molecule has 5 heteroatoms. The maximum Gasteiger partial charge on any atom is 0.295 e. The number of nitrogens with zero attached hydrogens (tertiary/aromatic N) is 2. The van der Waals surface area contributed by atoms with Gasteiger partial charge < -0.3 is 5.73 Å². The summed E-state index contributed by atoms with van der Waals surface area (Å²) in [6.45, 7) is 3.35. The summed E-state index contributed by atoms with van der Waals surface area (Å²) in [5.74, 6) is 0. The van der Waals surface area contributed by atoms with Crippen molar-refractivity contribution in [3.63, 3.8) is 0 Å². The van der Waals surface area contributed by atoms with Crippen LogP contribution in [0.5, 0.6) is 0 Å². The Hall–Kier alpha value is -1.49. The molecule has 1 aromatic rings. The normalized spacial score (nSPS) is 12.5. The van der Waals surface area contributed by atoms with E-state index in [1.807, 2.05) is 0 Å². The van der Waals surface area contributed by atoms with Crippen LogP contribution < -0.4 is 5.73 Å².